The Morgan fingerprint density at radius 3 is 2.09 bits per heavy atom. The molecule has 0 aliphatic carbocycles. The third-order valence-corrected chi connectivity index (χ3v) is 7.17. The molecule has 1 atom stereocenters. The van der Waals surface area contributed by atoms with E-state index in [-0.39, 0.29) is 17.9 Å². The topological polar surface area (TPSA) is 52.7 Å². The molecule has 3 aromatic carbocycles. The molecule has 1 N–H and O–H groups in total. The minimum absolute atomic E-state index is 0.0645. The van der Waals surface area contributed by atoms with E-state index in [1.807, 2.05) is 77.4 Å². The van der Waals surface area contributed by atoms with Crippen LogP contribution in [0.25, 0.3) is 0 Å². The summed E-state index contributed by atoms with van der Waals surface area (Å²) in [5.74, 6) is 0.209. The molecule has 34 heavy (non-hydrogen) atoms. The Morgan fingerprint density at radius 2 is 1.47 bits per heavy atom. The Hall–Kier alpha value is -3.44. The molecule has 5 rings (SSSR count). The van der Waals surface area contributed by atoms with Crippen LogP contribution in [0.5, 0.6) is 0 Å². The summed E-state index contributed by atoms with van der Waals surface area (Å²) in [5.41, 5.74) is 3.70. The first-order valence-electron chi connectivity index (χ1n) is 12.1. The number of aryl methyl sites for hydroxylation is 1. The van der Waals surface area contributed by atoms with E-state index < -0.39 is 5.66 Å². The van der Waals surface area contributed by atoms with Gasteiger partial charge in [0.1, 0.15) is 0 Å². The second-order valence-corrected chi connectivity index (χ2v) is 9.49. The quantitative estimate of drug-likeness (QED) is 0.631. The van der Waals surface area contributed by atoms with Gasteiger partial charge in [0.05, 0.1) is 11.7 Å². The summed E-state index contributed by atoms with van der Waals surface area (Å²) < 4.78 is 0. The predicted molar refractivity (Wildman–Crippen MR) is 133 cm³/mol. The standard InChI is InChI=1S/C29H31N3O2/c1-22-12-14-25(15-13-22)27(33)31-18-16-29(17-19-31)30-26(20-23-8-4-2-5-9-23)28(34)32(29)21-24-10-6-3-7-11-24/h2-15,26,30H,16-21H2,1H3/t26-/m1/s1. The fourth-order valence-corrected chi connectivity index (χ4v) is 5.22. The highest BCUT2D eigenvalue weighted by Gasteiger charge is 2.51. The molecule has 2 saturated heterocycles. The van der Waals surface area contributed by atoms with E-state index in [2.05, 4.69) is 29.6 Å². The maximum absolute atomic E-state index is 13.6. The number of piperidine rings is 1. The van der Waals surface area contributed by atoms with Crippen molar-refractivity contribution in [1.29, 1.82) is 0 Å². The lowest BCUT2D eigenvalue weighted by Gasteiger charge is -2.44. The summed E-state index contributed by atoms with van der Waals surface area (Å²) in [7, 11) is 0. The fourth-order valence-electron chi connectivity index (χ4n) is 5.22. The molecule has 5 heteroatoms. The van der Waals surface area contributed by atoms with Crippen molar-refractivity contribution in [1.82, 2.24) is 15.1 Å². The molecule has 2 amide bonds. The Balaban J connectivity index is 1.35. The van der Waals surface area contributed by atoms with Crippen molar-refractivity contribution in [3.05, 3.63) is 107 Å². The first-order valence-corrected chi connectivity index (χ1v) is 12.1. The van der Waals surface area contributed by atoms with Gasteiger partial charge in [0.25, 0.3) is 5.91 Å². The van der Waals surface area contributed by atoms with Gasteiger partial charge in [0, 0.05) is 38.0 Å². The average molecular weight is 454 g/mol. The molecule has 2 aliphatic rings. The molecule has 3 aromatic rings. The van der Waals surface area contributed by atoms with Crippen molar-refractivity contribution in [3.63, 3.8) is 0 Å². The molecule has 2 aliphatic heterocycles. The number of carbonyl (C=O) groups excluding carboxylic acids is 2. The smallest absolute Gasteiger partial charge is 0.253 e. The molecule has 0 bridgehead atoms. The first kappa shape index (κ1) is 22.4. The summed E-state index contributed by atoms with van der Waals surface area (Å²) in [6, 6.07) is 27.8. The van der Waals surface area contributed by atoms with Crippen molar-refractivity contribution in [2.75, 3.05) is 13.1 Å². The van der Waals surface area contributed by atoms with Crippen molar-refractivity contribution in [3.8, 4) is 0 Å². The Kier molecular flexibility index (Phi) is 6.20. The van der Waals surface area contributed by atoms with Crippen LogP contribution < -0.4 is 5.32 Å². The zero-order valence-electron chi connectivity index (χ0n) is 19.6. The minimum atomic E-state index is -0.434. The van der Waals surface area contributed by atoms with E-state index in [0.29, 0.717) is 38.9 Å². The van der Waals surface area contributed by atoms with Gasteiger partial charge in [-0.2, -0.15) is 0 Å². The predicted octanol–water partition coefficient (Wildman–Crippen LogP) is 4.17. The zero-order valence-corrected chi connectivity index (χ0v) is 19.6. The van der Waals surface area contributed by atoms with E-state index >= 15 is 0 Å². The van der Waals surface area contributed by atoms with Crippen molar-refractivity contribution < 1.29 is 9.59 Å². The largest absolute Gasteiger partial charge is 0.338 e. The van der Waals surface area contributed by atoms with Crippen LogP contribution in [0, 0.1) is 6.92 Å². The van der Waals surface area contributed by atoms with E-state index in [1.165, 1.54) is 0 Å². The summed E-state index contributed by atoms with van der Waals surface area (Å²) in [6.45, 7) is 3.84. The Labute approximate surface area is 201 Å². The van der Waals surface area contributed by atoms with Crippen LogP contribution in [-0.2, 0) is 17.8 Å². The number of nitrogens with one attached hydrogen (secondary N) is 1. The first-order chi connectivity index (χ1) is 16.5. The molecular weight excluding hydrogens is 422 g/mol. The lowest BCUT2D eigenvalue weighted by molar-refractivity contribution is -0.134. The number of amides is 2. The van der Waals surface area contributed by atoms with Gasteiger partial charge in [-0.3, -0.25) is 14.9 Å². The molecule has 0 aromatic heterocycles. The molecule has 0 saturated carbocycles. The van der Waals surface area contributed by atoms with E-state index in [1.54, 1.807) is 0 Å². The lowest BCUT2D eigenvalue weighted by Crippen LogP contribution is -2.59. The third-order valence-electron chi connectivity index (χ3n) is 7.17. The van der Waals surface area contributed by atoms with Gasteiger partial charge in [-0.05, 0) is 36.6 Å². The van der Waals surface area contributed by atoms with Gasteiger partial charge >= 0.3 is 0 Å². The van der Waals surface area contributed by atoms with Gasteiger partial charge < -0.3 is 9.80 Å². The Bertz CT molecular complexity index is 1140. The van der Waals surface area contributed by atoms with Gasteiger partial charge in [0.15, 0.2) is 0 Å². The molecule has 1 spiro atoms. The zero-order chi connectivity index (χ0) is 23.5. The fraction of sp³-hybridized carbons (Fsp3) is 0.310. The summed E-state index contributed by atoms with van der Waals surface area (Å²) >= 11 is 0. The van der Waals surface area contributed by atoms with E-state index in [9.17, 15) is 9.59 Å². The molecular formula is C29H31N3O2. The van der Waals surface area contributed by atoms with Crippen LogP contribution in [0.3, 0.4) is 0 Å². The molecule has 2 fully saturated rings. The SMILES string of the molecule is Cc1ccc(C(=O)N2CCC3(CC2)N[C@H](Cc2ccccc2)C(=O)N3Cc2ccccc2)cc1. The summed E-state index contributed by atoms with van der Waals surface area (Å²) in [6.07, 6.45) is 2.10. The average Bonchev–Trinajstić information content (AvgIpc) is 3.11. The maximum atomic E-state index is 13.6. The molecule has 2 heterocycles. The van der Waals surface area contributed by atoms with Crippen LogP contribution in [0.15, 0.2) is 84.9 Å². The van der Waals surface area contributed by atoms with Crippen molar-refractivity contribution >= 4 is 11.8 Å². The van der Waals surface area contributed by atoms with Gasteiger partial charge in [-0.15, -0.1) is 0 Å². The monoisotopic (exact) mass is 453 g/mol. The van der Waals surface area contributed by atoms with Crippen LogP contribution in [0.4, 0.5) is 0 Å². The summed E-state index contributed by atoms with van der Waals surface area (Å²) in [4.78, 5) is 30.7. The number of hydrogen-bond acceptors (Lipinski definition) is 3. The highest BCUT2D eigenvalue weighted by atomic mass is 16.2. The van der Waals surface area contributed by atoms with Gasteiger partial charge in [0.2, 0.25) is 5.91 Å². The van der Waals surface area contributed by atoms with Crippen molar-refractivity contribution in [2.24, 2.45) is 0 Å². The Morgan fingerprint density at radius 1 is 0.882 bits per heavy atom. The maximum Gasteiger partial charge on any atom is 0.253 e. The molecule has 0 radical (unpaired) electrons. The normalized spacial score (nSPS) is 19.6. The minimum Gasteiger partial charge on any atom is -0.338 e. The second kappa shape index (κ2) is 9.43. The van der Waals surface area contributed by atoms with Crippen LogP contribution >= 0.6 is 0 Å². The van der Waals surface area contributed by atoms with Crippen LogP contribution in [0.1, 0.15) is 39.9 Å². The number of carbonyl (C=O) groups is 2. The van der Waals surface area contributed by atoms with Crippen LogP contribution in [0.2, 0.25) is 0 Å². The highest BCUT2D eigenvalue weighted by molar-refractivity contribution is 5.94. The molecule has 174 valence electrons. The number of hydrogen-bond donors (Lipinski definition) is 1. The lowest BCUT2D eigenvalue weighted by atomic mass is 9.94. The molecule has 0 unspecified atom stereocenters. The van der Waals surface area contributed by atoms with E-state index in [4.69, 9.17) is 0 Å². The van der Waals surface area contributed by atoms with Gasteiger partial charge in [-0.1, -0.05) is 78.4 Å². The van der Waals surface area contributed by atoms with Crippen LogP contribution in [-0.4, -0.2) is 46.4 Å². The number of likely N-dealkylation sites (tertiary alicyclic amines) is 1. The third kappa shape index (κ3) is 4.48. The number of nitrogens with zero attached hydrogens (tertiary/aromatic N) is 2. The number of benzene rings is 3. The highest BCUT2D eigenvalue weighted by Crippen LogP contribution is 2.35. The summed E-state index contributed by atoms with van der Waals surface area (Å²) in [5, 5.41) is 3.72. The van der Waals surface area contributed by atoms with E-state index in [0.717, 1.165) is 22.3 Å². The second-order valence-electron chi connectivity index (χ2n) is 9.49. The van der Waals surface area contributed by atoms with Crippen molar-refractivity contribution in [2.45, 2.75) is 44.4 Å². The molecule has 5 nitrogen and oxygen atoms in total. The van der Waals surface area contributed by atoms with Gasteiger partial charge in [-0.25, -0.2) is 0 Å². The number of rotatable bonds is 5.